The van der Waals surface area contributed by atoms with E-state index in [-0.39, 0.29) is 28.6 Å². The van der Waals surface area contributed by atoms with Crippen LogP contribution in [0.15, 0.2) is 35.2 Å². The molecule has 0 fully saturated rings. The molecule has 86 valence electrons. The van der Waals surface area contributed by atoms with Crippen LogP contribution in [0.5, 0.6) is 0 Å². The fourth-order valence-corrected chi connectivity index (χ4v) is 1.93. The molecule has 1 aromatic carbocycles. The van der Waals surface area contributed by atoms with Gasteiger partial charge in [0.05, 0.1) is 11.5 Å². The third-order valence-electron chi connectivity index (χ3n) is 1.77. The zero-order valence-electron chi connectivity index (χ0n) is 8.49. The van der Waals surface area contributed by atoms with Gasteiger partial charge in [0.2, 0.25) is 0 Å². The van der Waals surface area contributed by atoms with Gasteiger partial charge >= 0.3 is 0 Å². The third kappa shape index (κ3) is 4.80. The molecule has 0 spiro atoms. The first-order valence-corrected chi connectivity index (χ1v) is 6.02. The van der Waals surface area contributed by atoms with E-state index < -0.39 is 10.1 Å². The van der Waals surface area contributed by atoms with Crippen molar-refractivity contribution in [1.82, 2.24) is 0 Å². The van der Waals surface area contributed by atoms with E-state index in [1.165, 1.54) is 12.1 Å². The fourth-order valence-electron chi connectivity index (χ4n) is 0.968. The maximum absolute atomic E-state index is 11.5. The molecule has 3 nitrogen and oxygen atoms in total. The predicted octanol–water partition coefficient (Wildman–Crippen LogP) is 2.19. The van der Waals surface area contributed by atoms with Crippen LogP contribution in [-0.2, 0) is 31.4 Å². The Morgan fingerprint density at radius 3 is 2.33 bits per heavy atom. The summed E-state index contributed by atoms with van der Waals surface area (Å²) in [5, 5.41) is 0. The zero-order valence-corrected chi connectivity index (χ0v) is 10.4. The molecule has 0 aliphatic heterocycles. The molecule has 0 bridgehead atoms. The summed E-state index contributed by atoms with van der Waals surface area (Å²) >= 11 is 0. The average Bonchev–Trinajstić information content (AvgIpc) is 2.19. The van der Waals surface area contributed by atoms with Gasteiger partial charge < -0.3 is 0 Å². The van der Waals surface area contributed by atoms with Crippen LogP contribution in [0.1, 0.15) is 19.8 Å². The Kier molecular flexibility index (Phi) is 6.85. The number of rotatable bonds is 5. The molecule has 0 aliphatic rings. The molecule has 0 atom stereocenters. The molecule has 0 aromatic heterocycles. The predicted molar refractivity (Wildman–Crippen MR) is 54.5 cm³/mol. The first kappa shape index (κ1) is 14.6. The van der Waals surface area contributed by atoms with Gasteiger partial charge in [0.15, 0.2) is 0 Å². The standard InChI is InChI=1S/C10H14O3S.Fe/c1-2-3-9-13-14(11,12)10-7-5-4-6-8-10;/h4-8H,2-3,9H2,1H3;. The second-order valence-corrected chi connectivity index (χ2v) is 4.56. The number of hydrogen-bond donors (Lipinski definition) is 0. The van der Waals surface area contributed by atoms with Gasteiger partial charge in [-0.3, -0.25) is 4.18 Å². The van der Waals surface area contributed by atoms with Gasteiger partial charge in [-0.15, -0.1) is 0 Å². The number of benzene rings is 1. The van der Waals surface area contributed by atoms with E-state index >= 15 is 0 Å². The molecule has 5 heteroatoms. The van der Waals surface area contributed by atoms with E-state index in [2.05, 4.69) is 0 Å². The molecular formula is C10H14FeO3S. The van der Waals surface area contributed by atoms with Crippen LogP contribution in [0, 0.1) is 0 Å². The van der Waals surface area contributed by atoms with Gasteiger partial charge in [-0.25, -0.2) is 0 Å². The smallest absolute Gasteiger partial charge is 0.266 e. The Morgan fingerprint density at radius 2 is 1.80 bits per heavy atom. The maximum Gasteiger partial charge on any atom is 0.296 e. The van der Waals surface area contributed by atoms with Crippen LogP contribution in [0.2, 0.25) is 0 Å². The van der Waals surface area contributed by atoms with E-state index in [4.69, 9.17) is 4.18 Å². The summed E-state index contributed by atoms with van der Waals surface area (Å²) < 4.78 is 27.8. The summed E-state index contributed by atoms with van der Waals surface area (Å²) in [5.41, 5.74) is 0. The summed E-state index contributed by atoms with van der Waals surface area (Å²) in [6.07, 6.45) is 1.68. The molecule has 0 radical (unpaired) electrons. The van der Waals surface area contributed by atoms with E-state index in [9.17, 15) is 8.42 Å². The van der Waals surface area contributed by atoms with Crippen molar-refractivity contribution in [2.24, 2.45) is 0 Å². The molecule has 0 saturated heterocycles. The van der Waals surface area contributed by atoms with Crippen LogP contribution < -0.4 is 0 Å². The maximum atomic E-state index is 11.5. The molecule has 0 N–H and O–H groups in total. The van der Waals surface area contributed by atoms with E-state index in [1.54, 1.807) is 18.2 Å². The number of unbranched alkanes of at least 4 members (excludes halogenated alkanes) is 1. The topological polar surface area (TPSA) is 43.4 Å². The van der Waals surface area contributed by atoms with Crippen LogP contribution in [0.4, 0.5) is 0 Å². The first-order chi connectivity index (χ1) is 6.67. The Morgan fingerprint density at radius 1 is 1.20 bits per heavy atom. The van der Waals surface area contributed by atoms with Crippen LogP contribution >= 0.6 is 0 Å². The van der Waals surface area contributed by atoms with Crippen molar-refractivity contribution in [1.29, 1.82) is 0 Å². The Balaban J connectivity index is 0.00000196. The van der Waals surface area contributed by atoms with Gasteiger partial charge in [-0.2, -0.15) is 8.42 Å². The van der Waals surface area contributed by atoms with Gasteiger partial charge in [0.25, 0.3) is 10.1 Å². The SMILES string of the molecule is CCCCOS(=O)(=O)c1ccccc1.[Fe]. The molecule has 0 aliphatic carbocycles. The molecule has 1 rings (SSSR count). The minimum Gasteiger partial charge on any atom is -0.266 e. The van der Waals surface area contributed by atoms with Crippen LogP contribution in [0.3, 0.4) is 0 Å². The molecule has 1 aromatic rings. The second kappa shape index (κ2) is 7.01. The largest absolute Gasteiger partial charge is 0.296 e. The first-order valence-electron chi connectivity index (χ1n) is 4.61. The molecule has 0 amide bonds. The normalized spacial score (nSPS) is 10.7. The van der Waals surface area contributed by atoms with Gasteiger partial charge in [0, 0.05) is 17.1 Å². The van der Waals surface area contributed by atoms with Crippen molar-refractivity contribution >= 4 is 10.1 Å². The van der Waals surface area contributed by atoms with Gasteiger partial charge in [-0.05, 0) is 18.6 Å². The fraction of sp³-hybridized carbons (Fsp3) is 0.400. The van der Waals surface area contributed by atoms with Crippen LogP contribution in [-0.4, -0.2) is 15.0 Å². The Hall–Kier alpha value is -0.351. The Bertz CT molecular complexity index is 362. The van der Waals surface area contributed by atoms with Crippen molar-refractivity contribution in [3.05, 3.63) is 30.3 Å². The minimum atomic E-state index is -3.53. The zero-order chi connectivity index (χ0) is 10.4. The quantitative estimate of drug-likeness (QED) is 0.468. The van der Waals surface area contributed by atoms with Crippen LogP contribution in [0.25, 0.3) is 0 Å². The van der Waals surface area contributed by atoms with Crippen molar-refractivity contribution < 1.29 is 29.7 Å². The summed E-state index contributed by atoms with van der Waals surface area (Å²) in [6.45, 7) is 2.24. The third-order valence-corrected chi connectivity index (χ3v) is 3.09. The second-order valence-electron chi connectivity index (χ2n) is 2.94. The van der Waals surface area contributed by atoms with Gasteiger partial charge in [0.1, 0.15) is 0 Å². The minimum absolute atomic E-state index is 0. The van der Waals surface area contributed by atoms with Gasteiger partial charge in [-0.1, -0.05) is 31.5 Å². The molecule has 0 unspecified atom stereocenters. The molecular weight excluding hydrogens is 256 g/mol. The van der Waals surface area contributed by atoms with E-state index in [0.29, 0.717) is 0 Å². The molecule has 15 heavy (non-hydrogen) atoms. The summed E-state index contributed by atoms with van der Waals surface area (Å²) in [4.78, 5) is 0.219. The van der Waals surface area contributed by atoms with Crippen molar-refractivity contribution in [3.63, 3.8) is 0 Å². The number of hydrogen-bond acceptors (Lipinski definition) is 3. The molecule has 0 heterocycles. The Labute approximate surface area is 101 Å². The molecule has 0 saturated carbocycles. The summed E-state index contributed by atoms with van der Waals surface area (Å²) in [7, 11) is -3.53. The van der Waals surface area contributed by atoms with Crippen molar-refractivity contribution in [2.45, 2.75) is 24.7 Å². The van der Waals surface area contributed by atoms with E-state index in [0.717, 1.165) is 12.8 Å². The van der Waals surface area contributed by atoms with Crippen molar-refractivity contribution in [2.75, 3.05) is 6.61 Å². The summed E-state index contributed by atoms with van der Waals surface area (Å²) in [6, 6.07) is 8.18. The van der Waals surface area contributed by atoms with Crippen molar-refractivity contribution in [3.8, 4) is 0 Å². The summed E-state index contributed by atoms with van der Waals surface area (Å²) in [5.74, 6) is 0. The monoisotopic (exact) mass is 270 g/mol. The average molecular weight is 270 g/mol. The van der Waals surface area contributed by atoms with E-state index in [1.807, 2.05) is 6.92 Å².